The molecule has 1 aromatic carbocycles. The highest BCUT2D eigenvalue weighted by atomic mass is 16.2. The lowest BCUT2D eigenvalue weighted by Gasteiger charge is -2.35. The molecule has 144 valence electrons. The summed E-state index contributed by atoms with van der Waals surface area (Å²) in [7, 11) is 0. The zero-order chi connectivity index (χ0) is 19.4. The monoisotopic (exact) mass is 383 g/mol. The van der Waals surface area contributed by atoms with E-state index in [0.29, 0.717) is 12.2 Å². The van der Waals surface area contributed by atoms with Crippen LogP contribution < -0.4 is 0 Å². The molecule has 0 spiro atoms. The quantitative estimate of drug-likeness (QED) is 0.556. The van der Waals surface area contributed by atoms with Crippen molar-refractivity contribution in [2.45, 2.75) is 31.7 Å². The maximum atomic E-state index is 13.6. The second-order valence-corrected chi connectivity index (χ2v) is 7.85. The highest BCUT2D eigenvalue weighted by molar-refractivity contribution is 5.95. The molecule has 6 heteroatoms. The van der Waals surface area contributed by atoms with Crippen LogP contribution in [0.25, 0.3) is 10.9 Å². The Labute approximate surface area is 168 Å². The third-order valence-electron chi connectivity index (χ3n) is 6.27. The maximum absolute atomic E-state index is 13.6. The minimum Gasteiger partial charge on any atom is -0.356 e. The minimum atomic E-state index is -0.242. The number of para-hydroxylation sites is 1. The number of benzene rings is 1. The lowest BCUT2D eigenvalue weighted by atomic mass is 9.94. The van der Waals surface area contributed by atoms with Gasteiger partial charge in [-0.15, -0.1) is 0 Å². The van der Waals surface area contributed by atoms with Crippen LogP contribution in [-0.4, -0.2) is 37.5 Å². The van der Waals surface area contributed by atoms with Crippen LogP contribution in [0.3, 0.4) is 0 Å². The molecule has 1 atom stereocenters. The van der Waals surface area contributed by atoms with Crippen molar-refractivity contribution >= 4 is 16.8 Å². The lowest BCUT2D eigenvalue weighted by molar-refractivity contribution is 0.0681. The van der Waals surface area contributed by atoms with Crippen LogP contribution in [0.4, 0.5) is 0 Å². The Kier molecular flexibility index (Phi) is 3.59. The minimum absolute atomic E-state index is 0.00985. The molecule has 4 aromatic rings. The van der Waals surface area contributed by atoms with Gasteiger partial charge < -0.3 is 9.88 Å². The van der Waals surface area contributed by atoms with Crippen molar-refractivity contribution in [3.8, 4) is 0 Å². The topological polar surface area (TPSA) is 77.7 Å². The number of hydrogen-bond acceptors (Lipinski definition) is 3. The third kappa shape index (κ3) is 2.45. The summed E-state index contributed by atoms with van der Waals surface area (Å²) >= 11 is 0. The van der Waals surface area contributed by atoms with Gasteiger partial charge in [-0.05, 0) is 49.4 Å². The summed E-state index contributed by atoms with van der Waals surface area (Å²) in [5, 5.41) is 8.71. The SMILES string of the molecule is O=C(c1n[nH]c2c1CCC2)N1CCc2c([nH]c3ccccc23)[C@@H]1c1ccccn1. The van der Waals surface area contributed by atoms with Crippen molar-refractivity contribution in [3.05, 3.63) is 82.6 Å². The predicted molar refractivity (Wildman–Crippen MR) is 110 cm³/mol. The number of nitrogens with zero attached hydrogens (tertiary/aromatic N) is 3. The largest absolute Gasteiger partial charge is 0.356 e. The molecule has 2 N–H and O–H groups in total. The molecule has 0 saturated carbocycles. The van der Waals surface area contributed by atoms with Crippen LogP contribution in [0.15, 0.2) is 48.7 Å². The van der Waals surface area contributed by atoms with Crippen LogP contribution in [0.5, 0.6) is 0 Å². The molecule has 0 unspecified atom stereocenters. The molecule has 0 saturated heterocycles. The van der Waals surface area contributed by atoms with E-state index in [-0.39, 0.29) is 11.9 Å². The van der Waals surface area contributed by atoms with E-state index in [9.17, 15) is 4.79 Å². The number of hydrogen-bond donors (Lipinski definition) is 2. The van der Waals surface area contributed by atoms with Crippen molar-refractivity contribution in [1.29, 1.82) is 0 Å². The van der Waals surface area contributed by atoms with Gasteiger partial charge in [0.05, 0.1) is 5.69 Å². The van der Waals surface area contributed by atoms with Crippen LogP contribution in [0.2, 0.25) is 0 Å². The van der Waals surface area contributed by atoms with E-state index in [1.54, 1.807) is 6.20 Å². The molecule has 29 heavy (non-hydrogen) atoms. The van der Waals surface area contributed by atoms with Crippen LogP contribution in [-0.2, 0) is 19.3 Å². The number of rotatable bonds is 2. The summed E-state index contributed by atoms with van der Waals surface area (Å²) in [6, 6.07) is 14.0. The van der Waals surface area contributed by atoms with Crippen molar-refractivity contribution in [2.75, 3.05) is 6.54 Å². The van der Waals surface area contributed by atoms with E-state index >= 15 is 0 Å². The molecule has 2 aliphatic rings. The number of carbonyl (C=O) groups is 1. The van der Waals surface area contributed by atoms with Crippen LogP contribution in [0.1, 0.15) is 51.2 Å². The number of aromatic amines is 2. The van der Waals surface area contributed by atoms with Crippen molar-refractivity contribution < 1.29 is 4.79 Å². The fraction of sp³-hybridized carbons (Fsp3) is 0.261. The van der Waals surface area contributed by atoms with Gasteiger partial charge in [0, 0.05) is 40.6 Å². The Bertz CT molecular complexity index is 1220. The Hall–Kier alpha value is -3.41. The molecular formula is C23H21N5O. The first kappa shape index (κ1) is 16.5. The summed E-state index contributed by atoms with van der Waals surface area (Å²) in [5.74, 6) is -0.00985. The Balaban J connectivity index is 1.50. The summed E-state index contributed by atoms with van der Waals surface area (Å²) in [5.41, 5.74) is 7.12. The lowest BCUT2D eigenvalue weighted by Crippen LogP contribution is -2.41. The number of aryl methyl sites for hydroxylation is 1. The Morgan fingerprint density at radius 1 is 1.03 bits per heavy atom. The van der Waals surface area contributed by atoms with E-state index in [1.807, 2.05) is 29.2 Å². The van der Waals surface area contributed by atoms with Gasteiger partial charge in [0.1, 0.15) is 6.04 Å². The highest BCUT2D eigenvalue weighted by Gasteiger charge is 2.37. The van der Waals surface area contributed by atoms with Gasteiger partial charge in [-0.3, -0.25) is 14.9 Å². The molecule has 4 heterocycles. The average Bonchev–Trinajstić information content (AvgIpc) is 3.47. The van der Waals surface area contributed by atoms with Gasteiger partial charge in [-0.1, -0.05) is 24.3 Å². The first-order chi connectivity index (χ1) is 14.3. The van der Waals surface area contributed by atoms with Crippen LogP contribution in [0, 0.1) is 0 Å². The third-order valence-corrected chi connectivity index (χ3v) is 6.27. The van der Waals surface area contributed by atoms with Crippen molar-refractivity contribution in [3.63, 3.8) is 0 Å². The molecule has 1 aliphatic heterocycles. The molecular weight excluding hydrogens is 362 g/mol. The molecule has 6 nitrogen and oxygen atoms in total. The molecule has 6 rings (SSSR count). The van der Waals surface area contributed by atoms with E-state index < -0.39 is 0 Å². The smallest absolute Gasteiger partial charge is 0.275 e. The number of pyridine rings is 1. The van der Waals surface area contributed by atoms with Gasteiger partial charge in [-0.25, -0.2) is 0 Å². The molecule has 0 fully saturated rings. The van der Waals surface area contributed by atoms with Gasteiger partial charge >= 0.3 is 0 Å². The van der Waals surface area contributed by atoms with Crippen molar-refractivity contribution in [1.82, 2.24) is 25.1 Å². The van der Waals surface area contributed by atoms with Gasteiger partial charge in [-0.2, -0.15) is 5.10 Å². The molecule has 0 radical (unpaired) electrons. The fourth-order valence-electron chi connectivity index (χ4n) is 4.94. The standard InChI is InChI=1S/C23H21N5O/c29-23(21-16-7-5-10-18(16)26-27-21)28-13-11-15-14-6-1-2-8-17(14)25-20(15)22(28)19-9-3-4-12-24-19/h1-4,6,8-9,12,22,25H,5,7,10-11,13H2,(H,26,27)/t22-/m0/s1. The van der Waals surface area contributed by atoms with Crippen molar-refractivity contribution in [2.24, 2.45) is 0 Å². The zero-order valence-electron chi connectivity index (χ0n) is 16.0. The fourth-order valence-corrected chi connectivity index (χ4v) is 4.94. The number of nitrogens with one attached hydrogen (secondary N) is 2. The number of fused-ring (bicyclic) bond motifs is 4. The second kappa shape index (κ2) is 6.30. The number of amides is 1. The average molecular weight is 383 g/mol. The first-order valence-corrected chi connectivity index (χ1v) is 10.2. The molecule has 1 aliphatic carbocycles. The highest BCUT2D eigenvalue weighted by Crippen LogP contribution is 2.38. The van der Waals surface area contributed by atoms with Gasteiger partial charge in [0.2, 0.25) is 0 Å². The summed E-state index contributed by atoms with van der Waals surface area (Å²) in [4.78, 5) is 23.8. The Morgan fingerprint density at radius 2 is 1.93 bits per heavy atom. The predicted octanol–water partition coefficient (Wildman–Crippen LogP) is 3.56. The normalized spacial score (nSPS) is 18.1. The number of carbonyl (C=O) groups excluding carboxylic acids is 1. The summed E-state index contributed by atoms with van der Waals surface area (Å²) < 4.78 is 0. The van der Waals surface area contributed by atoms with E-state index in [2.05, 4.69) is 38.4 Å². The first-order valence-electron chi connectivity index (χ1n) is 10.2. The van der Waals surface area contributed by atoms with Gasteiger partial charge in [0.15, 0.2) is 5.69 Å². The second-order valence-electron chi connectivity index (χ2n) is 7.85. The molecule has 0 bridgehead atoms. The number of aromatic nitrogens is 4. The van der Waals surface area contributed by atoms with Crippen LogP contribution >= 0.6 is 0 Å². The zero-order valence-corrected chi connectivity index (χ0v) is 16.0. The van der Waals surface area contributed by atoms with E-state index in [1.165, 1.54) is 10.9 Å². The maximum Gasteiger partial charge on any atom is 0.275 e. The molecule has 1 amide bonds. The Morgan fingerprint density at radius 3 is 2.83 bits per heavy atom. The summed E-state index contributed by atoms with van der Waals surface area (Å²) in [6.45, 7) is 0.649. The number of H-pyrrole nitrogens is 2. The van der Waals surface area contributed by atoms with Gasteiger partial charge in [0.25, 0.3) is 5.91 Å². The van der Waals surface area contributed by atoms with E-state index in [4.69, 9.17) is 0 Å². The molecule has 3 aromatic heterocycles. The summed E-state index contributed by atoms with van der Waals surface area (Å²) in [6.07, 6.45) is 5.60. The van der Waals surface area contributed by atoms with E-state index in [0.717, 1.165) is 53.8 Å².